The highest BCUT2D eigenvalue weighted by atomic mass is 32.1. The van der Waals surface area contributed by atoms with E-state index in [1.54, 1.807) is 36.0 Å². The van der Waals surface area contributed by atoms with Crippen molar-refractivity contribution in [3.63, 3.8) is 0 Å². The highest BCUT2D eigenvalue weighted by molar-refractivity contribution is 7.07. The number of nitrogens with zero attached hydrogens (tertiary/aromatic N) is 1. The van der Waals surface area contributed by atoms with Crippen LogP contribution in [0, 0.1) is 6.92 Å². The van der Waals surface area contributed by atoms with E-state index in [-0.39, 0.29) is 5.91 Å². The first-order chi connectivity index (χ1) is 9.13. The highest BCUT2D eigenvalue weighted by Crippen LogP contribution is 2.20. The van der Waals surface area contributed by atoms with Crippen molar-refractivity contribution in [3.8, 4) is 0 Å². The third-order valence-corrected chi connectivity index (χ3v) is 3.24. The van der Waals surface area contributed by atoms with Crippen molar-refractivity contribution < 1.29 is 14.3 Å². The Morgan fingerprint density at radius 1 is 1.37 bits per heavy atom. The van der Waals surface area contributed by atoms with E-state index in [0.29, 0.717) is 22.5 Å². The molecule has 0 saturated heterocycles. The fourth-order valence-corrected chi connectivity index (χ4v) is 2.15. The molecule has 0 bridgehead atoms. The van der Waals surface area contributed by atoms with Crippen LogP contribution in [0.2, 0.25) is 0 Å². The van der Waals surface area contributed by atoms with E-state index < -0.39 is 5.97 Å². The zero-order valence-electron chi connectivity index (χ0n) is 10.5. The number of thiazole rings is 1. The second kappa shape index (κ2) is 5.62. The van der Waals surface area contributed by atoms with Crippen LogP contribution >= 0.6 is 11.3 Å². The van der Waals surface area contributed by atoms with Crippen molar-refractivity contribution >= 4 is 28.9 Å². The lowest BCUT2D eigenvalue weighted by Gasteiger charge is -2.10. The number of ether oxygens (including phenoxy) is 1. The van der Waals surface area contributed by atoms with Crippen LogP contribution in [-0.2, 0) is 4.74 Å². The molecule has 1 amide bonds. The van der Waals surface area contributed by atoms with Crippen LogP contribution in [0.1, 0.15) is 26.4 Å². The first kappa shape index (κ1) is 13.2. The number of hydrogen-bond acceptors (Lipinski definition) is 5. The summed E-state index contributed by atoms with van der Waals surface area (Å²) in [7, 11) is 1.32. The van der Waals surface area contributed by atoms with Gasteiger partial charge in [0.1, 0.15) is 5.69 Å². The number of aromatic nitrogens is 1. The fourth-order valence-electron chi connectivity index (χ4n) is 1.61. The van der Waals surface area contributed by atoms with Crippen molar-refractivity contribution in [1.29, 1.82) is 0 Å². The maximum absolute atomic E-state index is 11.9. The summed E-state index contributed by atoms with van der Waals surface area (Å²) in [6, 6.07) is 5.07. The molecule has 1 aromatic carbocycles. The van der Waals surface area contributed by atoms with Crippen LogP contribution in [0.3, 0.4) is 0 Å². The van der Waals surface area contributed by atoms with E-state index in [0.717, 1.165) is 0 Å². The van der Waals surface area contributed by atoms with E-state index in [1.165, 1.54) is 18.4 Å². The number of esters is 1. The molecule has 0 aliphatic rings. The van der Waals surface area contributed by atoms with Crippen LogP contribution in [0.5, 0.6) is 0 Å². The Bertz CT molecular complexity index is 608. The van der Waals surface area contributed by atoms with Crippen molar-refractivity contribution in [2.75, 3.05) is 12.4 Å². The number of amides is 1. The summed E-state index contributed by atoms with van der Waals surface area (Å²) in [5.41, 5.74) is 3.61. The van der Waals surface area contributed by atoms with E-state index in [9.17, 15) is 9.59 Å². The number of methoxy groups -OCH3 is 1. The number of anilines is 1. The van der Waals surface area contributed by atoms with Crippen LogP contribution in [0.25, 0.3) is 0 Å². The monoisotopic (exact) mass is 276 g/mol. The topological polar surface area (TPSA) is 68.3 Å². The first-order valence-corrected chi connectivity index (χ1v) is 6.45. The smallest absolute Gasteiger partial charge is 0.338 e. The van der Waals surface area contributed by atoms with Gasteiger partial charge in [-0.15, -0.1) is 11.3 Å². The molecule has 19 heavy (non-hydrogen) atoms. The predicted molar refractivity (Wildman–Crippen MR) is 72.6 cm³/mol. The van der Waals surface area contributed by atoms with Gasteiger partial charge < -0.3 is 10.1 Å². The molecule has 1 aromatic heterocycles. The van der Waals surface area contributed by atoms with Gasteiger partial charge in [-0.25, -0.2) is 9.78 Å². The van der Waals surface area contributed by atoms with Gasteiger partial charge in [0.2, 0.25) is 0 Å². The van der Waals surface area contributed by atoms with Crippen molar-refractivity contribution in [3.05, 3.63) is 45.9 Å². The van der Waals surface area contributed by atoms with Crippen molar-refractivity contribution in [2.45, 2.75) is 6.92 Å². The van der Waals surface area contributed by atoms with Gasteiger partial charge in [-0.2, -0.15) is 0 Å². The fraction of sp³-hybridized carbons (Fsp3) is 0.154. The Labute approximate surface area is 114 Å². The maximum atomic E-state index is 11.9. The molecule has 2 rings (SSSR count). The number of rotatable bonds is 3. The van der Waals surface area contributed by atoms with Gasteiger partial charge in [0.05, 0.1) is 18.2 Å². The van der Waals surface area contributed by atoms with Gasteiger partial charge in [0, 0.05) is 11.1 Å². The molecule has 1 N–H and O–H groups in total. The molecular formula is C13H12N2O3S. The zero-order chi connectivity index (χ0) is 13.8. The third kappa shape index (κ3) is 2.79. The third-order valence-electron chi connectivity index (χ3n) is 2.65. The number of carbonyl (C=O) groups excluding carboxylic acids is 2. The molecule has 0 aliphatic carbocycles. The minimum Gasteiger partial charge on any atom is -0.465 e. The average molecular weight is 276 g/mol. The Hall–Kier alpha value is -2.21. The lowest BCUT2D eigenvalue weighted by Crippen LogP contribution is -2.14. The maximum Gasteiger partial charge on any atom is 0.338 e. The van der Waals surface area contributed by atoms with Gasteiger partial charge in [-0.3, -0.25) is 4.79 Å². The van der Waals surface area contributed by atoms with Gasteiger partial charge in [0.25, 0.3) is 5.91 Å². The molecule has 5 nitrogen and oxygen atoms in total. The van der Waals surface area contributed by atoms with Gasteiger partial charge >= 0.3 is 5.97 Å². The number of hydrogen-bond donors (Lipinski definition) is 1. The summed E-state index contributed by atoms with van der Waals surface area (Å²) in [5.74, 6) is -0.728. The Morgan fingerprint density at radius 3 is 2.79 bits per heavy atom. The number of benzene rings is 1. The van der Waals surface area contributed by atoms with Crippen LogP contribution in [-0.4, -0.2) is 24.0 Å². The first-order valence-electron chi connectivity index (χ1n) is 5.51. The molecule has 1 heterocycles. The number of nitrogens with one attached hydrogen (secondary N) is 1. The number of carbonyl (C=O) groups is 2. The SMILES string of the molecule is COC(=O)c1cccc(NC(=O)c2cscn2)c1C. The van der Waals surface area contributed by atoms with Crippen molar-refractivity contribution in [1.82, 2.24) is 4.98 Å². The quantitative estimate of drug-likeness (QED) is 0.874. The summed E-state index contributed by atoms with van der Waals surface area (Å²) in [4.78, 5) is 27.4. The van der Waals surface area contributed by atoms with Crippen molar-refractivity contribution in [2.24, 2.45) is 0 Å². The van der Waals surface area contributed by atoms with Crippen LogP contribution in [0.4, 0.5) is 5.69 Å². The lowest BCUT2D eigenvalue weighted by atomic mass is 10.1. The Balaban J connectivity index is 2.26. The summed E-state index contributed by atoms with van der Waals surface area (Å²) in [6.07, 6.45) is 0. The standard InChI is InChI=1S/C13H12N2O3S/c1-8-9(13(17)18-2)4-3-5-10(8)15-12(16)11-6-19-7-14-11/h3-7H,1-2H3,(H,15,16). The summed E-state index contributed by atoms with van der Waals surface area (Å²) < 4.78 is 4.69. The molecule has 0 unspecified atom stereocenters. The molecule has 2 aromatic rings. The van der Waals surface area contributed by atoms with E-state index in [2.05, 4.69) is 15.0 Å². The van der Waals surface area contributed by atoms with E-state index in [4.69, 9.17) is 0 Å². The minimum absolute atomic E-state index is 0.300. The Morgan fingerprint density at radius 2 is 2.16 bits per heavy atom. The van der Waals surface area contributed by atoms with Gasteiger partial charge in [-0.05, 0) is 24.6 Å². The lowest BCUT2D eigenvalue weighted by molar-refractivity contribution is 0.0599. The molecule has 0 atom stereocenters. The average Bonchev–Trinajstić information content (AvgIpc) is 2.94. The van der Waals surface area contributed by atoms with Crippen LogP contribution in [0.15, 0.2) is 29.1 Å². The molecule has 0 fully saturated rings. The molecule has 0 aliphatic heterocycles. The molecule has 0 radical (unpaired) electrons. The predicted octanol–water partition coefficient (Wildman–Crippen LogP) is 2.49. The highest BCUT2D eigenvalue weighted by Gasteiger charge is 2.14. The van der Waals surface area contributed by atoms with Crippen LogP contribution < -0.4 is 5.32 Å². The summed E-state index contributed by atoms with van der Waals surface area (Å²) in [5, 5.41) is 4.39. The second-order valence-corrected chi connectivity index (χ2v) is 4.52. The Kier molecular flexibility index (Phi) is 3.91. The van der Waals surface area contributed by atoms with Gasteiger partial charge in [0.15, 0.2) is 0 Å². The van der Waals surface area contributed by atoms with E-state index >= 15 is 0 Å². The molecule has 0 saturated carbocycles. The minimum atomic E-state index is -0.428. The summed E-state index contributed by atoms with van der Waals surface area (Å²) in [6.45, 7) is 1.75. The van der Waals surface area contributed by atoms with Gasteiger partial charge in [-0.1, -0.05) is 6.07 Å². The molecule has 6 heteroatoms. The summed E-state index contributed by atoms with van der Waals surface area (Å²) >= 11 is 1.35. The molecule has 98 valence electrons. The van der Waals surface area contributed by atoms with E-state index in [1.807, 2.05) is 0 Å². The normalized spacial score (nSPS) is 10.0. The zero-order valence-corrected chi connectivity index (χ0v) is 11.3. The molecule has 0 spiro atoms. The largest absolute Gasteiger partial charge is 0.465 e. The molecular weight excluding hydrogens is 264 g/mol. The second-order valence-electron chi connectivity index (χ2n) is 3.80.